The van der Waals surface area contributed by atoms with Crippen molar-refractivity contribution in [2.24, 2.45) is 0 Å². The van der Waals surface area contributed by atoms with E-state index in [1.54, 1.807) is 15.9 Å². The van der Waals surface area contributed by atoms with Crippen LogP contribution in [0.3, 0.4) is 0 Å². The van der Waals surface area contributed by atoms with Gasteiger partial charge in [0.1, 0.15) is 23.7 Å². The third-order valence-corrected chi connectivity index (χ3v) is 7.42. The lowest BCUT2D eigenvalue weighted by Gasteiger charge is -2.47. The molecule has 3 heterocycles. The first-order chi connectivity index (χ1) is 18.0. The SMILES string of the molecule is CCOc1ccccc1[C@H]1c2[nH]c3ccccc3c2C[C@H]2C(=O)N(CCc3cccc(F)c3)CC(=O)N12. The van der Waals surface area contributed by atoms with Gasteiger partial charge in [-0.15, -0.1) is 0 Å². The van der Waals surface area contributed by atoms with Crippen LogP contribution in [-0.4, -0.2) is 52.3 Å². The van der Waals surface area contributed by atoms with Crippen LogP contribution in [-0.2, 0) is 22.4 Å². The maximum Gasteiger partial charge on any atom is 0.246 e. The van der Waals surface area contributed by atoms with Crippen LogP contribution in [0.4, 0.5) is 4.39 Å². The summed E-state index contributed by atoms with van der Waals surface area (Å²) < 4.78 is 19.6. The maximum absolute atomic E-state index is 13.9. The van der Waals surface area contributed by atoms with Gasteiger partial charge in [-0.2, -0.15) is 0 Å². The van der Waals surface area contributed by atoms with Crippen LogP contribution >= 0.6 is 0 Å². The van der Waals surface area contributed by atoms with E-state index in [0.29, 0.717) is 31.7 Å². The molecule has 0 saturated carbocycles. The topological polar surface area (TPSA) is 65.6 Å². The Morgan fingerprint density at radius 3 is 2.68 bits per heavy atom. The van der Waals surface area contributed by atoms with Gasteiger partial charge in [-0.3, -0.25) is 9.59 Å². The predicted molar refractivity (Wildman–Crippen MR) is 139 cm³/mol. The molecule has 2 aliphatic rings. The van der Waals surface area contributed by atoms with Crippen molar-refractivity contribution >= 4 is 22.7 Å². The Balaban J connectivity index is 1.41. The molecule has 0 unspecified atom stereocenters. The number of aromatic nitrogens is 1. The zero-order valence-corrected chi connectivity index (χ0v) is 20.6. The average molecular weight is 498 g/mol. The monoisotopic (exact) mass is 497 g/mol. The van der Waals surface area contributed by atoms with Crippen molar-refractivity contribution in [3.63, 3.8) is 0 Å². The van der Waals surface area contributed by atoms with Crippen molar-refractivity contribution in [2.45, 2.75) is 31.8 Å². The van der Waals surface area contributed by atoms with Crippen molar-refractivity contribution in [1.29, 1.82) is 0 Å². The number of hydrogen-bond donors (Lipinski definition) is 1. The van der Waals surface area contributed by atoms with Crippen LogP contribution < -0.4 is 4.74 Å². The first-order valence-electron chi connectivity index (χ1n) is 12.7. The zero-order valence-electron chi connectivity index (χ0n) is 20.6. The van der Waals surface area contributed by atoms with Gasteiger partial charge in [0.15, 0.2) is 0 Å². The van der Waals surface area contributed by atoms with Crippen molar-refractivity contribution < 1.29 is 18.7 Å². The summed E-state index contributed by atoms with van der Waals surface area (Å²) >= 11 is 0. The molecular formula is C30H28FN3O3. The van der Waals surface area contributed by atoms with Gasteiger partial charge in [0, 0.05) is 35.1 Å². The van der Waals surface area contributed by atoms with Gasteiger partial charge in [-0.25, -0.2) is 4.39 Å². The third kappa shape index (κ3) is 4.04. The van der Waals surface area contributed by atoms with Gasteiger partial charge in [-0.05, 0) is 48.7 Å². The van der Waals surface area contributed by atoms with Crippen LogP contribution in [0.1, 0.15) is 35.3 Å². The second-order valence-electron chi connectivity index (χ2n) is 9.60. The normalized spacial score (nSPS) is 19.2. The van der Waals surface area contributed by atoms with Gasteiger partial charge in [0.25, 0.3) is 0 Å². The second-order valence-corrected chi connectivity index (χ2v) is 9.60. The van der Waals surface area contributed by atoms with Crippen LogP contribution in [0.2, 0.25) is 0 Å². The minimum atomic E-state index is -0.625. The summed E-state index contributed by atoms with van der Waals surface area (Å²) in [5.74, 6) is 0.212. The second kappa shape index (κ2) is 9.39. The zero-order chi connectivity index (χ0) is 25.5. The summed E-state index contributed by atoms with van der Waals surface area (Å²) in [4.78, 5) is 34.5. The van der Waals surface area contributed by atoms with E-state index in [2.05, 4.69) is 11.1 Å². The first kappa shape index (κ1) is 23.3. The molecule has 0 spiro atoms. The number of carbonyl (C=O) groups is 2. The Morgan fingerprint density at radius 1 is 1.03 bits per heavy atom. The Hall–Kier alpha value is -4.13. The summed E-state index contributed by atoms with van der Waals surface area (Å²) in [6.45, 7) is 2.78. The van der Waals surface area contributed by atoms with E-state index in [1.165, 1.54) is 12.1 Å². The number of rotatable bonds is 6. The number of amides is 2. The summed E-state index contributed by atoms with van der Waals surface area (Å²) in [5.41, 5.74) is 4.62. The number of fused-ring (bicyclic) bond motifs is 4. The summed E-state index contributed by atoms with van der Waals surface area (Å²) in [6.07, 6.45) is 0.923. The number of ether oxygens (including phenoxy) is 1. The third-order valence-electron chi connectivity index (χ3n) is 7.42. The standard InChI is InChI=1S/C30H28FN3O3/c1-2-37-26-13-6-4-11-22(26)29-28-23(21-10-3-5-12-24(21)32-28)17-25-30(36)33(18-27(35)34(25)29)15-14-19-8-7-9-20(31)16-19/h3-13,16,25,29,32H,2,14-15,17-18H2,1H3/t25-,29-/m0/s1. The number of piperazine rings is 1. The van der Waals surface area contributed by atoms with Gasteiger partial charge in [0.05, 0.1) is 13.2 Å². The lowest BCUT2D eigenvalue weighted by molar-refractivity contribution is -0.158. The molecule has 2 aliphatic heterocycles. The average Bonchev–Trinajstić information content (AvgIpc) is 3.28. The molecule has 1 fully saturated rings. The fraction of sp³-hybridized carbons (Fsp3) is 0.267. The van der Waals surface area contributed by atoms with E-state index >= 15 is 0 Å². The number of benzene rings is 3. The molecule has 37 heavy (non-hydrogen) atoms. The Labute approximate surface area is 214 Å². The largest absolute Gasteiger partial charge is 0.494 e. The van der Waals surface area contributed by atoms with Gasteiger partial charge in [-0.1, -0.05) is 48.5 Å². The Morgan fingerprint density at radius 2 is 1.84 bits per heavy atom. The number of carbonyl (C=O) groups excluding carboxylic acids is 2. The number of nitrogens with zero attached hydrogens (tertiary/aromatic N) is 2. The molecule has 1 N–H and O–H groups in total. The number of aromatic amines is 1. The van der Waals surface area contributed by atoms with Gasteiger partial charge in [0.2, 0.25) is 11.8 Å². The van der Waals surface area contributed by atoms with Gasteiger partial charge >= 0.3 is 0 Å². The number of H-pyrrole nitrogens is 1. The molecule has 1 aromatic heterocycles. The Bertz CT molecular complexity index is 1500. The molecule has 6 nitrogen and oxygen atoms in total. The van der Waals surface area contributed by atoms with Crippen LogP contribution in [0.15, 0.2) is 72.8 Å². The molecular weight excluding hydrogens is 469 g/mol. The van der Waals surface area contributed by atoms with Gasteiger partial charge < -0.3 is 19.5 Å². The van der Waals surface area contributed by atoms with Crippen molar-refractivity contribution in [1.82, 2.24) is 14.8 Å². The van der Waals surface area contributed by atoms with E-state index in [1.807, 2.05) is 55.5 Å². The predicted octanol–water partition coefficient (Wildman–Crippen LogP) is 4.63. The molecule has 7 heteroatoms. The molecule has 4 aromatic rings. The highest BCUT2D eigenvalue weighted by Gasteiger charge is 2.48. The quantitative estimate of drug-likeness (QED) is 0.422. The van der Waals surface area contributed by atoms with Crippen molar-refractivity contribution in [3.8, 4) is 5.75 Å². The number of nitrogens with one attached hydrogen (secondary N) is 1. The van der Waals surface area contributed by atoms with E-state index in [0.717, 1.165) is 33.3 Å². The fourth-order valence-electron chi connectivity index (χ4n) is 5.79. The lowest BCUT2D eigenvalue weighted by atomic mass is 9.86. The van der Waals surface area contributed by atoms with Crippen LogP contribution in [0, 0.1) is 5.82 Å². The smallest absolute Gasteiger partial charge is 0.246 e. The highest BCUT2D eigenvalue weighted by molar-refractivity contribution is 5.97. The molecule has 2 amide bonds. The summed E-state index contributed by atoms with van der Waals surface area (Å²) in [6, 6.07) is 21.1. The molecule has 0 aliphatic carbocycles. The van der Waals surface area contributed by atoms with E-state index < -0.39 is 12.1 Å². The molecule has 0 bridgehead atoms. The van der Waals surface area contributed by atoms with Crippen molar-refractivity contribution in [2.75, 3.05) is 19.7 Å². The lowest BCUT2D eigenvalue weighted by Crippen LogP contribution is -2.63. The maximum atomic E-state index is 13.9. The molecule has 6 rings (SSSR count). The highest BCUT2D eigenvalue weighted by atomic mass is 19.1. The minimum absolute atomic E-state index is 0.00644. The number of halogens is 1. The molecule has 0 radical (unpaired) electrons. The van der Waals surface area contributed by atoms with E-state index in [9.17, 15) is 14.0 Å². The van der Waals surface area contributed by atoms with E-state index in [4.69, 9.17) is 4.74 Å². The Kier molecular flexibility index (Phi) is 5.91. The number of hydrogen-bond acceptors (Lipinski definition) is 3. The fourth-order valence-corrected chi connectivity index (χ4v) is 5.79. The van der Waals surface area contributed by atoms with Crippen molar-refractivity contribution in [3.05, 3.63) is 101 Å². The number of para-hydroxylation sites is 2. The summed E-state index contributed by atoms with van der Waals surface area (Å²) in [7, 11) is 0. The molecule has 1 saturated heterocycles. The molecule has 188 valence electrons. The summed E-state index contributed by atoms with van der Waals surface area (Å²) in [5, 5.41) is 1.06. The minimum Gasteiger partial charge on any atom is -0.494 e. The van der Waals surface area contributed by atoms with E-state index in [-0.39, 0.29) is 24.2 Å². The molecule has 2 atom stereocenters. The van der Waals surface area contributed by atoms with Crippen LogP contribution in [0.25, 0.3) is 10.9 Å². The highest BCUT2D eigenvalue weighted by Crippen LogP contribution is 2.44. The van der Waals surface area contributed by atoms with Crippen LogP contribution in [0.5, 0.6) is 5.75 Å². The molecule has 3 aromatic carbocycles. The first-order valence-corrected chi connectivity index (χ1v) is 12.7.